The zero-order valence-electron chi connectivity index (χ0n) is 18.7. The normalized spacial score (nSPS) is 23.9. The zero-order chi connectivity index (χ0) is 22.2. The van der Waals surface area contributed by atoms with Crippen molar-refractivity contribution in [2.75, 3.05) is 0 Å². The van der Waals surface area contributed by atoms with Gasteiger partial charge in [-0.1, -0.05) is 48.5 Å². The number of aryl methyl sites for hydroxylation is 2. The second kappa shape index (κ2) is 7.79. The summed E-state index contributed by atoms with van der Waals surface area (Å²) < 4.78 is 13.5. The maximum absolute atomic E-state index is 10.8. The first-order valence-electron chi connectivity index (χ1n) is 10.4. The van der Waals surface area contributed by atoms with Gasteiger partial charge in [0.1, 0.15) is 12.1 Å². The van der Waals surface area contributed by atoms with Gasteiger partial charge >= 0.3 is 0 Å². The van der Waals surface area contributed by atoms with Crippen molar-refractivity contribution in [1.82, 2.24) is 0 Å². The van der Waals surface area contributed by atoms with Crippen molar-refractivity contribution in [3.63, 3.8) is 0 Å². The van der Waals surface area contributed by atoms with Crippen molar-refractivity contribution in [2.24, 2.45) is 0 Å². The predicted molar refractivity (Wildman–Crippen MR) is 124 cm³/mol. The number of rotatable bonds is 4. The van der Waals surface area contributed by atoms with E-state index in [1.165, 1.54) is 0 Å². The summed E-state index contributed by atoms with van der Waals surface area (Å²) in [6.07, 6.45) is 1.56. The topological polar surface area (TPSA) is 66.0 Å². The van der Waals surface area contributed by atoms with Crippen molar-refractivity contribution < 1.29 is 8.85 Å². The van der Waals surface area contributed by atoms with Crippen LogP contribution in [0.5, 0.6) is 0 Å². The third-order valence-corrected chi connectivity index (χ3v) is 7.02. The molecule has 0 aromatic heterocycles. The fraction of sp³-hybridized carbons (Fsp3) is 0.417. The first kappa shape index (κ1) is 22.5. The van der Waals surface area contributed by atoms with Gasteiger partial charge in [-0.2, -0.15) is 10.5 Å². The van der Waals surface area contributed by atoms with Gasteiger partial charge in [-0.05, 0) is 63.3 Å². The lowest BCUT2D eigenvalue weighted by atomic mass is 9.70. The Labute approximate surface area is 182 Å². The molecule has 0 amide bonds. The SMILES string of the molecule is C[Si](C)(C)OC1(C#N)c2ccccc2CCc2ccccc2C1(C#N)O[Si](C)(C)C. The van der Waals surface area contributed by atoms with E-state index in [1.807, 2.05) is 48.5 Å². The molecule has 2 aromatic carbocycles. The molecular formula is C24H30N2O2Si2. The van der Waals surface area contributed by atoms with Crippen LogP contribution in [0.1, 0.15) is 22.3 Å². The maximum Gasteiger partial charge on any atom is 0.217 e. The van der Waals surface area contributed by atoms with Gasteiger partial charge in [-0.25, -0.2) is 0 Å². The van der Waals surface area contributed by atoms with Crippen molar-refractivity contribution in [2.45, 2.75) is 63.3 Å². The summed E-state index contributed by atoms with van der Waals surface area (Å²) in [5.41, 5.74) is 0.462. The lowest BCUT2D eigenvalue weighted by molar-refractivity contribution is -0.0682. The van der Waals surface area contributed by atoms with Crippen LogP contribution in [0.15, 0.2) is 48.5 Å². The molecule has 1 aliphatic carbocycles. The van der Waals surface area contributed by atoms with Crippen molar-refractivity contribution in [3.05, 3.63) is 70.8 Å². The minimum Gasteiger partial charge on any atom is -0.393 e. The number of hydrogen-bond acceptors (Lipinski definition) is 4. The van der Waals surface area contributed by atoms with Gasteiger partial charge in [-0.3, -0.25) is 0 Å². The highest BCUT2D eigenvalue weighted by atomic mass is 28.4. The molecule has 2 unspecified atom stereocenters. The van der Waals surface area contributed by atoms with Crippen LogP contribution >= 0.6 is 0 Å². The molecule has 0 saturated heterocycles. The molecule has 0 bridgehead atoms. The maximum atomic E-state index is 10.8. The highest BCUT2D eigenvalue weighted by Crippen LogP contribution is 2.51. The molecule has 0 fully saturated rings. The monoisotopic (exact) mass is 434 g/mol. The second-order valence-electron chi connectivity index (χ2n) is 9.83. The average molecular weight is 435 g/mol. The molecule has 0 heterocycles. The summed E-state index contributed by atoms with van der Waals surface area (Å²) in [6, 6.07) is 20.7. The summed E-state index contributed by atoms with van der Waals surface area (Å²) in [5.74, 6) is 0. The van der Waals surface area contributed by atoms with Gasteiger partial charge in [-0.15, -0.1) is 0 Å². The largest absolute Gasteiger partial charge is 0.393 e. The smallest absolute Gasteiger partial charge is 0.217 e. The fourth-order valence-corrected chi connectivity index (χ4v) is 6.74. The lowest BCUT2D eigenvalue weighted by Crippen LogP contribution is -2.59. The van der Waals surface area contributed by atoms with E-state index in [1.54, 1.807) is 0 Å². The van der Waals surface area contributed by atoms with E-state index in [4.69, 9.17) is 8.85 Å². The first-order valence-corrected chi connectivity index (χ1v) is 17.2. The van der Waals surface area contributed by atoms with Gasteiger partial charge in [0, 0.05) is 11.1 Å². The zero-order valence-corrected chi connectivity index (χ0v) is 20.7. The van der Waals surface area contributed by atoms with Crippen LogP contribution in [0.4, 0.5) is 0 Å². The highest BCUT2D eigenvalue weighted by Gasteiger charge is 2.62. The van der Waals surface area contributed by atoms with E-state index in [0.29, 0.717) is 0 Å². The standard InChI is InChI=1S/C24H30N2O2Si2/c1-29(2,3)27-23(17-25)21-13-9-7-11-19(21)15-16-20-12-8-10-14-22(20)24(23,18-26)28-30(4,5)6/h7-14H,15-16H2,1-6H3. The third-order valence-electron chi connectivity index (χ3n) is 5.19. The Balaban J connectivity index is 2.51. The molecule has 30 heavy (non-hydrogen) atoms. The Hall–Kier alpha value is -2.23. The Morgan fingerprint density at radius 1 is 0.667 bits per heavy atom. The van der Waals surface area contributed by atoms with E-state index in [0.717, 1.165) is 35.1 Å². The van der Waals surface area contributed by atoms with Crippen molar-refractivity contribution in [3.8, 4) is 12.1 Å². The van der Waals surface area contributed by atoms with Gasteiger partial charge in [0.05, 0.1) is 0 Å². The van der Waals surface area contributed by atoms with E-state index in [-0.39, 0.29) is 0 Å². The molecule has 0 N–H and O–H groups in total. The molecule has 156 valence electrons. The Kier molecular flexibility index (Phi) is 5.83. The Morgan fingerprint density at radius 2 is 1.00 bits per heavy atom. The molecule has 2 aromatic rings. The molecule has 1 aliphatic rings. The van der Waals surface area contributed by atoms with Crippen LogP contribution in [0.3, 0.4) is 0 Å². The molecule has 6 heteroatoms. The molecule has 0 radical (unpaired) electrons. The summed E-state index contributed by atoms with van der Waals surface area (Å²) in [5, 5.41) is 21.6. The minimum atomic E-state index is -2.29. The Morgan fingerprint density at radius 3 is 1.30 bits per heavy atom. The minimum absolute atomic E-state index is 0.754. The van der Waals surface area contributed by atoms with Crippen LogP contribution in [0, 0.1) is 22.7 Å². The summed E-state index contributed by atoms with van der Waals surface area (Å²) in [7, 11) is -4.57. The van der Waals surface area contributed by atoms with E-state index < -0.39 is 27.8 Å². The van der Waals surface area contributed by atoms with E-state index in [9.17, 15) is 10.5 Å². The van der Waals surface area contributed by atoms with E-state index in [2.05, 4.69) is 51.4 Å². The number of hydrogen-bond donors (Lipinski definition) is 0. The number of fused-ring (bicyclic) bond motifs is 2. The van der Waals surface area contributed by atoms with Crippen LogP contribution in [0.2, 0.25) is 39.3 Å². The quantitative estimate of drug-likeness (QED) is 0.585. The second-order valence-corrected chi connectivity index (χ2v) is 18.7. The van der Waals surface area contributed by atoms with Crippen LogP contribution in [-0.2, 0) is 32.9 Å². The summed E-state index contributed by atoms with van der Waals surface area (Å²) >= 11 is 0. The Bertz CT molecular complexity index is 943. The number of nitrogens with zero attached hydrogens (tertiary/aromatic N) is 2. The highest BCUT2D eigenvalue weighted by molar-refractivity contribution is 6.70. The molecule has 0 aliphatic heterocycles. The third kappa shape index (κ3) is 3.89. The summed E-state index contributed by atoms with van der Waals surface area (Å²) in [4.78, 5) is 0. The van der Waals surface area contributed by atoms with E-state index >= 15 is 0 Å². The van der Waals surface area contributed by atoms with Crippen molar-refractivity contribution in [1.29, 1.82) is 10.5 Å². The van der Waals surface area contributed by atoms with Crippen molar-refractivity contribution >= 4 is 16.6 Å². The van der Waals surface area contributed by atoms with Gasteiger partial charge in [0.2, 0.25) is 11.2 Å². The average Bonchev–Trinajstić information content (AvgIpc) is 2.67. The predicted octanol–water partition coefficient (Wildman–Crippen LogP) is 5.63. The van der Waals surface area contributed by atoms with Crippen LogP contribution in [-0.4, -0.2) is 16.6 Å². The van der Waals surface area contributed by atoms with Gasteiger partial charge < -0.3 is 8.85 Å². The number of benzene rings is 2. The summed E-state index contributed by atoms with van der Waals surface area (Å²) in [6.45, 7) is 12.3. The molecular weight excluding hydrogens is 404 g/mol. The molecule has 2 atom stereocenters. The lowest BCUT2D eigenvalue weighted by Gasteiger charge is -2.49. The fourth-order valence-electron chi connectivity index (χ4n) is 4.31. The first-order chi connectivity index (χ1) is 14.0. The molecule has 4 nitrogen and oxygen atoms in total. The van der Waals surface area contributed by atoms with Crippen LogP contribution < -0.4 is 0 Å². The molecule has 3 rings (SSSR count). The molecule has 0 saturated carbocycles. The van der Waals surface area contributed by atoms with Gasteiger partial charge in [0.25, 0.3) is 0 Å². The van der Waals surface area contributed by atoms with Gasteiger partial charge in [0.15, 0.2) is 16.6 Å². The molecule has 0 spiro atoms. The van der Waals surface area contributed by atoms with Crippen LogP contribution in [0.25, 0.3) is 0 Å². The number of nitriles is 2.